The Bertz CT molecular complexity index is 258. The Hall–Kier alpha value is -0.810. The molecule has 0 aromatic heterocycles. The third kappa shape index (κ3) is 2.60. The Morgan fingerprint density at radius 2 is 2.00 bits per heavy atom. The maximum Gasteiger partial charge on any atom is 0.0873 e. The molecule has 82 valence electrons. The first-order valence-corrected chi connectivity index (χ1v) is 6.21. The van der Waals surface area contributed by atoms with Crippen molar-refractivity contribution in [1.29, 1.82) is 5.26 Å². The minimum absolute atomic E-state index is 0.543. The number of hydrogen-bond acceptors (Lipinski definition) is 2. The van der Waals surface area contributed by atoms with Crippen molar-refractivity contribution >= 4 is 0 Å². The second-order valence-electron chi connectivity index (χ2n) is 4.70. The minimum Gasteiger partial charge on any atom is -0.281 e. The fourth-order valence-electron chi connectivity index (χ4n) is 2.91. The van der Waals surface area contributed by atoms with Crippen LogP contribution >= 0.6 is 0 Å². The van der Waals surface area contributed by atoms with E-state index >= 15 is 0 Å². The van der Waals surface area contributed by atoms with Gasteiger partial charge in [0.1, 0.15) is 0 Å². The van der Waals surface area contributed by atoms with Crippen molar-refractivity contribution in [2.45, 2.75) is 57.0 Å². The predicted octanol–water partition coefficient (Wildman–Crippen LogP) is 2.86. The van der Waals surface area contributed by atoms with Gasteiger partial charge in [0.15, 0.2) is 0 Å². The maximum absolute atomic E-state index is 8.91. The molecule has 0 N–H and O–H groups in total. The minimum atomic E-state index is 0.543. The van der Waals surface area contributed by atoms with Gasteiger partial charge in [-0.3, -0.25) is 4.90 Å². The lowest BCUT2D eigenvalue weighted by molar-refractivity contribution is 0.171. The fourth-order valence-corrected chi connectivity index (χ4v) is 2.91. The van der Waals surface area contributed by atoms with Crippen molar-refractivity contribution in [2.24, 2.45) is 0 Å². The Kier molecular flexibility index (Phi) is 3.80. The molecular weight excluding hydrogens is 184 g/mol. The highest BCUT2D eigenvalue weighted by Crippen LogP contribution is 2.27. The van der Waals surface area contributed by atoms with Crippen LogP contribution < -0.4 is 0 Å². The van der Waals surface area contributed by atoms with Gasteiger partial charge in [-0.25, -0.2) is 0 Å². The molecule has 0 aliphatic heterocycles. The van der Waals surface area contributed by atoms with Crippen molar-refractivity contribution in [3.63, 3.8) is 0 Å². The Morgan fingerprint density at radius 3 is 2.60 bits per heavy atom. The lowest BCUT2D eigenvalue weighted by Crippen LogP contribution is -2.41. The number of nitrogens with zero attached hydrogens (tertiary/aromatic N) is 2. The number of rotatable bonds is 3. The highest BCUT2D eigenvalue weighted by molar-refractivity contribution is 5.02. The molecule has 1 saturated carbocycles. The second-order valence-corrected chi connectivity index (χ2v) is 4.70. The van der Waals surface area contributed by atoms with Gasteiger partial charge in [-0.05, 0) is 32.1 Å². The van der Waals surface area contributed by atoms with Crippen LogP contribution in [0.4, 0.5) is 0 Å². The van der Waals surface area contributed by atoms with Gasteiger partial charge < -0.3 is 0 Å². The molecule has 0 heterocycles. The highest BCUT2D eigenvalue weighted by atomic mass is 15.2. The molecule has 1 atom stereocenters. The zero-order valence-corrected chi connectivity index (χ0v) is 9.36. The molecule has 2 heteroatoms. The molecule has 0 aromatic carbocycles. The van der Waals surface area contributed by atoms with Gasteiger partial charge >= 0.3 is 0 Å². The van der Waals surface area contributed by atoms with E-state index in [0.29, 0.717) is 18.6 Å². The van der Waals surface area contributed by atoms with E-state index in [1.54, 1.807) is 0 Å². The van der Waals surface area contributed by atoms with Crippen LogP contribution in [0.5, 0.6) is 0 Å². The van der Waals surface area contributed by atoms with Gasteiger partial charge in [-0.15, -0.1) is 0 Å². The van der Waals surface area contributed by atoms with Crippen molar-refractivity contribution in [3.8, 4) is 6.07 Å². The lowest BCUT2D eigenvalue weighted by atomic mass is 9.99. The molecule has 2 aliphatic rings. The van der Waals surface area contributed by atoms with Crippen LogP contribution in [-0.4, -0.2) is 23.5 Å². The van der Waals surface area contributed by atoms with Gasteiger partial charge in [0.2, 0.25) is 0 Å². The average Bonchev–Trinajstić information content (AvgIpc) is 2.80. The molecule has 15 heavy (non-hydrogen) atoms. The first kappa shape index (κ1) is 10.7. The molecule has 0 aromatic rings. The number of hydrogen-bond donors (Lipinski definition) is 0. The van der Waals surface area contributed by atoms with E-state index in [1.165, 1.54) is 44.9 Å². The van der Waals surface area contributed by atoms with Crippen molar-refractivity contribution < 1.29 is 0 Å². The van der Waals surface area contributed by atoms with E-state index in [4.69, 9.17) is 5.26 Å². The maximum atomic E-state index is 8.91. The van der Waals surface area contributed by atoms with Crippen LogP contribution in [0.1, 0.15) is 44.9 Å². The normalized spacial score (nSPS) is 27.1. The van der Waals surface area contributed by atoms with E-state index in [2.05, 4.69) is 23.1 Å². The lowest BCUT2D eigenvalue weighted by Gasteiger charge is -2.34. The summed E-state index contributed by atoms with van der Waals surface area (Å²) in [5, 5.41) is 8.91. The molecule has 0 saturated heterocycles. The van der Waals surface area contributed by atoms with Crippen LogP contribution in [0, 0.1) is 11.3 Å². The average molecular weight is 204 g/mol. The molecule has 2 rings (SSSR count). The summed E-state index contributed by atoms with van der Waals surface area (Å²) < 4.78 is 0. The Labute approximate surface area is 92.6 Å². The molecule has 1 fully saturated rings. The van der Waals surface area contributed by atoms with Gasteiger partial charge in [0.25, 0.3) is 0 Å². The molecule has 0 bridgehead atoms. The summed E-state index contributed by atoms with van der Waals surface area (Å²) in [6, 6.07) is 3.56. The summed E-state index contributed by atoms with van der Waals surface area (Å²) in [6.07, 6.45) is 13.7. The summed E-state index contributed by atoms with van der Waals surface area (Å²) in [5.41, 5.74) is 0. The molecule has 1 unspecified atom stereocenters. The topological polar surface area (TPSA) is 27.0 Å². The van der Waals surface area contributed by atoms with Gasteiger partial charge in [0.05, 0.1) is 12.6 Å². The second kappa shape index (κ2) is 5.32. The van der Waals surface area contributed by atoms with Gasteiger partial charge in [-0.1, -0.05) is 25.0 Å². The highest BCUT2D eigenvalue weighted by Gasteiger charge is 2.27. The standard InChI is InChI=1S/C13H20N2/c14-10-11-15(13-8-4-5-9-13)12-6-2-1-3-7-12/h2,6,12-13H,1,3-5,7-9,11H2. The van der Waals surface area contributed by atoms with E-state index in [9.17, 15) is 0 Å². The smallest absolute Gasteiger partial charge is 0.0873 e. The summed E-state index contributed by atoms with van der Waals surface area (Å²) in [5.74, 6) is 0. The van der Waals surface area contributed by atoms with Crippen LogP contribution in [0.25, 0.3) is 0 Å². The van der Waals surface area contributed by atoms with Crippen LogP contribution in [0.15, 0.2) is 12.2 Å². The number of allylic oxidation sites excluding steroid dienone is 1. The molecular formula is C13H20N2. The van der Waals surface area contributed by atoms with Crippen LogP contribution in [-0.2, 0) is 0 Å². The van der Waals surface area contributed by atoms with Crippen molar-refractivity contribution in [1.82, 2.24) is 4.90 Å². The zero-order chi connectivity index (χ0) is 10.5. The zero-order valence-electron chi connectivity index (χ0n) is 9.36. The van der Waals surface area contributed by atoms with Crippen molar-refractivity contribution in [3.05, 3.63) is 12.2 Å². The summed E-state index contributed by atoms with van der Waals surface area (Å²) in [7, 11) is 0. The third-order valence-corrected chi connectivity index (χ3v) is 3.70. The number of nitriles is 1. The first-order valence-electron chi connectivity index (χ1n) is 6.21. The fraction of sp³-hybridized carbons (Fsp3) is 0.769. The van der Waals surface area contributed by atoms with E-state index in [0.717, 1.165) is 0 Å². The first-order chi connectivity index (χ1) is 7.42. The quantitative estimate of drug-likeness (QED) is 0.522. The summed E-state index contributed by atoms with van der Waals surface area (Å²) in [4.78, 5) is 2.43. The summed E-state index contributed by atoms with van der Waals surface area (Å²) >= 11 is 0. The van der Waals surface area contributed by atoms with E-state index in [-0.39, 0.29) is 0 Å². The largest absolute Gasteiger partial charge is 0.281 e. The van der Waals surface area contributed by atoms with Gasteiger partial charge in [0, 0.05) is 12.1 Å². The van der Waals surface area contributed by atoms with E-state index < -0.39 is 0 Å². The van der Waals surface area contributed by atoms with Crippen LogP contribution in [0.3, 0.4) is 0 Å². The molecule has 0 radical (unpaired) electrons. The molecule has 2 aliphatic carbocycles. The van der Waals surface area contributed by atoms with Crippen molar-refractivity contribution in [2.75, 3.05) is 6.54 Å². The van der Waals surface area contributed by atoms with Crippen LogP contribution in [0.2, 0.25) is 0 Å². The van der Waals surface area contributed by atoms with E-state index in [1.807, 2.05) is 0 Å². The van der Waals surface area contributed by atoms with Gasteiger partial charge in [-0.2, -0.15) is 5.26 Å². The SMILES string of the molecule is N#CCN(C1C=CCCC1)C1CCCC1. The Morgan fingerprint density at radius 1 is 1.20 bits per heavy atom. The Balaban J connectivity index is 2.00. The predicted molar refractivity (Wildman–Crippen MR) is 61.4 cm³/mol. The monoisotopic (exact) mass is 204 g/mol. The molecule has 2 nitrogen and oxygen atoms in total. The third-order valence-electron chi connectivity index (χ3n) is 3.70. The molecule has 0 amide bonds. The molecule has 0 spiro atoms. The summed E-state index contributed by atoms with van der Waals surface area (Å²) in [6.45, 7) is 0.611.